The Morgan fingerprint density at radius 2 is 2.08 bits per heavy atom. The van der Waals surface area contributed by atoms with E-state index in [0.717, 1.165) is 0 Å². The van der Waals surface area contributed by atoms with Crippen LogP contribution in [-0.2, 0) is 11.3 Å². The van der Waals surface area contributed by atoms with Gasteiger partial charge in [0.25, 0.3) is 0 Å². The SMILES string of the molecule is COc1cccc(NC(=O)Cn2nnc(-c3ccccc3Cl)n2)c1. The summed E-state index contributed by atoms with van der Waals surface area (Å²) >= 11 is 6.10. The van der Waals surface area contributed by atoms with E-state index >= 15 is 0 Å². The summed E-state index contributed by atoms with van der Waals surface area (Å²) in [4.78, 5) is 13.3. The molecule has 1 N–H and O–H groups in total. The van der Waals surface area contributed by atoms with Gasteiger partial charge in [-0.3, -0.25) is 4.79 Å². The number of nitrogens with one attached hydrogen (secondary N) is 1. The van der Waals surface area contributed by atoms with E-state index in [9.17, 15) is 4.79 Å². The first-order valence-electron chi connectivity index (χ1n) is 7.12. The molecular weight excluding hydrogens is 330 g/mol. The maximum atomic E-state index is 12.1. The number of hydrogen-bond donors (Lipinski definition) is 1. The van der Waals surface area contributed by atoms with Crippen molar-refractivity contribution >= 4 is 23.2 Å². The molecule has 1 amide bonds. The summed E-state index contributed by atoms with van der Waals surface area (Å²) in [5, 5.41) is 15.3. The summed E-state index contributed by atoms with van der Waals surface area (Å²) in [6.07, 6.45) is 0. The Bertz CT molecular complexity index is 865. The quantitative estimate of drug-likeness (QED) is 0.770. The number of carbonyl (C=O) groups excluding carboxylic acids is 1. The van der Waals surface area contributed by atoms with Gasteiger partial charge in [0.1, 0.15) is 12.3 Å². The molecule has 0 saturated heterocycles. The van der Waals surface area contributed by atoms with Gasteiger partial charge in [-0.15, -0.1) is 10.2 Å². The van der Waals surface area contributed by atoms with Crippen molar-refractivity contribution in [2.75, 3.05) is 12.4 Å². The van der Waals surface area contributed by atoms with Crippen molar-refractivity contribution in [3.63, 3.8) is 0 Å². The van der Waals surface area contributed by atoms with Crippen LogP contribution < -0.4 is 10.1 Å². The average molecular weight is 344 g/mol. The van der Waals surface area contributed by atoms with Crippen LogP contribution in [0.15, 0.2) is 48.5 Å². The number of methoxy groups -OCH3 is 1. The van der Waals surface area contributed by atoms with E-state index in [4.69, 9.17) is 16.3 Å². The zero-order valence-corrected chi connectivity index (χ0v) is 13.6. The molecule has 0 spiro atoms. The zero-order chi connectivity index (χ0) is 16.9. The molecule has 0 unspecified atom stereocenters. The molecule has 3 rings (SSSR count). The van der Waals surface area contributed by atoms with Gasteiger partial charge in [0.2, 0.25) is 11.7 Å². The monoisotopic (exact) mass is 343 g/mol. The first kappa shape index (κ1) is 15.9. The maximum absolute atomic E-state index is 12.1. The lowest BCUT2D eigenvalue weighted by Gasteiger charge is -2.06. The molecule has 0 aliphatic heterocycles. The summed E-state index contributed by atoms with van der Waals surface area (Å²) in [6, 6.07) is 14.3. The molecule has 0 fully saturated rings. The lowest BCUT2D eigenvalue weighted by atomic mass is 10.2. The number of aromatic nitrogens is 4. The Morgan fingerprint density at radius 3 is 2.88 bits per heavy atom. The molecule has 1 heterocycles. The highest BCUT2D eigenvalue weighted by atomic mass is 35.5. The second-order valence-electron chi connectivity index (χ2n) is 4.90. The number of nitrogens with zero attached hydrogens (tertiary/aromatic N) is 4. The van der Waals surface area contributed by atoms with Gasteiger partial charge < -0.3 is 10.1 Å². The van der Waals surface area contributed by atoms with E-state index in [-0.39, 0.29) is 12.5 Å². The van der Waals surface area contributed by atoms with E-state index in [0.29, 0.717) is 27.8 Å². The summed E-state index contributed by atoms with van der Waals surface area (Å²) in [7, 11) is 1.57. The number of carbonyl (C=O) groups is 1. The predicted molar refractivity (Wildman–Crippen MR) is 89.9 cm³/mol. The molecule has 2 aromatic carbocycles. The molecule has 7 nitrogen and oxygen atoms in total. The normalized spacial score (nSPS) is 10.4. The molecule has 8 heteroatoms. The molecule has 3 aromatic rings. The number of tetrazole rings is 1. The van der Waals surface area contributed by atoms with Gasteiger partial charge in [-0.05, 0) is 29.5 Å². The number of anilines is 1. The number of amides is 1. The third kappa shape index (κ3) is 3.69. The molecule has 0 radical (unpaired) electrons. The Labute approximate surface area is 143 Å². The summed E-state index contributed by atoms with van der Waals surface area (Å²) < 4.78 is 5.11. The van der Waals surface area contributed by atoms with Crippen LogP contribution in [0.4, 0.5) is 5.69 Å². The molecule has 0 bridgehead atoms. The van der Waals surface area contributed by atoms with Crippen molar-refractivity contribution in [2.24, 2.45) is 0 Å². The Balaban J connectivity index is 1.68. The van der Waals surface area contributed by atoms with Crippen LogP contribution in [0.2, 0.25) is 5.02 Å². The van der Waals surface area contributed by atoms with E-state index in [1.54, 1.807) is 43.5 Å². The molecule has 24 heavy (non-hydrogen) atoms. The van der Waals surface area contributed by atoms with E-state index < -0.39 is 0 Å². The van der Waals surface area contributed by atoms with Crippen molar-refractivity contribution in [3.05, 3.63) is 53.6 Å². The van der Waals surface area contributed by atoms with Gasteiger partial charge in [0.15, 0.2) is 0 Å². The zero-order valence-electron chi connectivity index (χ0n) is 12.8. The van der Waals surface area contributed by atoms with Gasteiger partial charge in [-0.2, -0.15) is 4.80 Å². The summed E-state index contributed by atoms with van der Waals surface area (Å²) in [5.41, 5.74) is 1.30. The van der Waals surface area contributed by atoms with Crippen molar-refractivity contribution in [2.45, 2.75) is 6.54 Å². The largest absolute Gasteiger partial charge is 0.497 e. The molecule has 0 atom stereocenters. The fourth-order valence-electron chi connectivity index (χ4n) is 2.09. The van der Waals surface area contributed by atoms with Crippen LogP contribution in [0.5, 0.6) is 5.75 Å². The minimum Gasteiger partial charge on any atom is -0.497 e. The molecular formula is C16H14ClN5O2. The summed E-state index contributed by atoms with van der Waals surface area (Å²) in [6.45, 7) is -0.0609. The van der Waals surface area contributed by atoms with Gasteiger partial charge in [0, 0.05) is 17.3 Å². The van der Waals surface area contributed by atoms with Gasteiger partial charge >= 0.3 is 0 Å². The lowest BCUT2D eigenvalue weighted by molar-refractivity contribution is -0.117. The molecule has 0 saturated carbocycles. The fourth-order valence-corrected chi connectivity index (χ4v) is 2.31. The van der Waals surface area contributed by atoms with Gasteiger partial charge in [-0.1, -0.05) is 29.8 Å². The third-order valence-corrected chi connectivity index (χ3v) is 3.54. The fraction of sp³-hybridized carbons (Fsp3) is 0.125. The molecule has 0 aliphatic carbocycles. The molecule has 122 valence electrons. The van der Waals surface area contributed by atoms with E-state index in [2.05, 4.69) is 20.7 Å². The van der Waals surface area contributed by atoms with Crippen LogP contribution >= 0.6 is 11.6 Å². The smallest absolute Gasteiger partial charge is 0.248 e. The summed E-state index contributed by atoms with van der Waals surface area (Å²) in [5.74, 6) is 0.758. The predicted octanol–water partition coefficient (Wildman–Crippen LogP) is 2.64. The topological polar surface area (TPSA) is 81.9 Å². The van der Waals surface area contributed by atoms with Crippen LogP contribution in [-0.4, -0.2) is 33.2 Å². The Hall–Kier alpha value is -2.93. The molecule has 1 aromatic heterocycles. The van der Waals surface area contributed by atoms with E-state index in [1.165, 1.54) is 4.80 Å². The van der Waals surface area contributed by atoms with Gasteiger partial charge in [0.05, 0.1) is 12.1 Å². The highest BCUT2D eigenvalue weighted by molar-refractivity contribution is 6.33. The highest BCUT2D eigenvalue weighted by Crippen LogP contribution is 2.23. The Kier molecular flexibility index (Phi) is 4.72. The average Bonchev–Trinajstić information content (AvgIpc) is 3.03. The van der Waals surface area contributed by atoms with Crippen LogP contribution in [0.3, 0.4) is 0 Å². The van der Waals surface area contributed by atoms with Crippen LogP contribution in [0.1, 0.15) is 0 Å². The molecule has 0 aliphatic rings. The standard InChI is InChI=1S/C16H14ClN5O2/c1-24-12-6-4-5-11(9-12)18-15(23)10-22-20-16(19-21-22)13-7-2-3-8-14(13)17/h2-9H,10H2,1H3,(H,18,23). The first-order chi connectivity index (χ1) is 11.7. The van der Waals surface area contributed by atoms with Crippen molar-refractivity contribution < 1.29 is 9.53 Å². The van der Waals surface area contributed by atoms with Crippen LogP contribution in [0.25, 0.3) is 11.4 Å². The third-order valence-electron chi connectivity index (χ3n) is 3.21. The second kappa shape index (κ2) is 7.10. The van der Waals surface area contributed by atoms with Crippen molar-refractivity contribution in [1.82, 2.24) is 20.2 Å². The number of halogens is 1. The minimum atomic E-state index is -0.272. The van der Waals surface area contributed by atoms with Crippen molar-refractivity contribution in [1.29, 1.82) is 0 Å². The minimum absolute atomic E-state index is 0.0609. The number of benzene rings is 2. The number of hydrogen-bond acceptors (Lipinski definition) is 5. The lowest BCUT2D eigenvalue weighted by Crippen LogP contribution is -2.20. The second-order valence-corrected chi connectivity index (χ2v) is 5.31. The van der Waals surface area contributed by atoms with Crippen LogP contribution in [0, 0.1) is 0 Å². The number of ether oxygens (including phenoxy) is 1. The van der Waals surface area contributed by atoms with Crippen molar-refractivity contribution in [3.8, 4) is 17.1 Å². The van der Waals surface area contributed by atoms with Gasteiger partial charge in [-0.25, -0.2) is 0 Å². The highest BCUT2D eigenvalue weighted by Gasteiger charge is 2.11. The maximum Gasteiger partial charge on any atom is 0.248 e. The first-order valence-corrected chi connectivity index (χ1v) is 7.50. The Morgan fingerprint density at radius 1 is 1.25 bits per heavy atom. The van der Waals surface area contributed by atoms with E-state index in [1.807, 2.05) is 12.1 Å². The number of rotatable bonds is 5.